The highest BCUT2D eigenvalue weighted by molar-refractivity contribution is 5.22. The first-order chi connectivity index (χ1) is 16.4. The van der Waals surface area contributed by atoms with Gasteiger partial charge >= 0.3 is 0 Å². The van der Waals surface area contributed by atoms with Crippen LogP contribution in [0.25, 0.3) is 0 Å². The minimum Gasteiger partial charge on any atom is -0.330 e. The number of hydrogen-bond donors (Lipinski definition) is 1. The Morgan fingerprint density at radius 2 is 1.12 bits per heavy atom. The molecule has 6 aliphatic rings. The fourth-order valence-electron chi connectivity index (χ4n) is 12.3. The van der Waals surface area contributed by atoms with Crippen LogP contribution >= 0.6 is 0 Å². The van der Waals surface area contributed by atoms with E-state index in [2.05, 4.69) is 0 Å². The fraction of sp³-hybridized carbons (Fsp3) is 1.00. The first-order valence-corrected chi connectivity index (χ1v) is 16.1. The van der Waals surface area contributed by atoms with Crippen LogP contribution in [0.2, 0.25) is 0 Å². The van der Waals surface area contributed by atoms with Crippen molar-refractivity contribution in [1.29, 1.82) is 0 Å². The van der Waals surface area contributed by atoms with E-state index in [0.29, 0.717) is 0 Å². The van der Waals surface area contributed by atoms with Crippen LogP contribution in [-0.4, -0.2) is 6.54 Å². The molecule has 0 aliphatic heterocycles. The molecule has 6 fully saturated rings. The average Bonchev–Trinajstić information content (AvgIpc) is 3.53. The molecule has 6 rings (SSSR count). The molecule has 1 nitrogen and oxygen atoms in total. The number of hydrogen-bond acceptors (Lipinski definition) is 1. The van der Waals surface area contributed by atoms with Gasteiger partial charge in [-0.2, -0.15) is 0 Å². The van der Waals surface area contributed by atoms with Gasteiger partial charge in [0.1, 0.15) is 0 Å². The van der Waals surface area contributed by atoms with Gasteiger partial charge in [0.25, 0.3) is 0 Å². The topological polar surface area (TPSA) is 26.0 Å². The number of fused-ring (bicyclic) bond motifs is 5. The summed E-state index contributed by atoms with van der Waals surface area (Å²) >= 11 is 0. The summed E-state index contributed by atoms with van der Waals surface area (Å²) in [5, 5.41) is 0. The highest BCUT2D eigenvalue weighted by atomic mass is 14.8. The van der Waals surface area contributed by atoms with Crippen molar-refractivity contribution in [3.63, 3.8) is 0 Å². The second-order valence-electron chi connectivity index (χ2n) is 13.9. The van der Waals surface area contributed by atoms with Crippen molar-refractivity contribution >= 4 is 0 Å². The quantitative estimate of drug-likeness (QED) is 0.400. The van der Waals surface area contributed by atoms with Gasteiger partial charge in [0.05, 0.1) is 0 Å². The van der Waals surface area contributed by atoms with E-state index in [9.17, 15) is 0 Å². The highest BCUT2D eigenvalue weighted by Crippen LogP contribution is 2.80. The van der Waals surface area contributed by atoms with Crippen molar-refractivity contribution in [2.45, 2.75) is 135 Å². The van der Waals surface area contributed by atoms with E-state index in [0.717, 1.165) is 65.2 Å². The van der Waals surface area contributed by atoms with Gasteiger partial charge in [0.15, 0.2) is 0 Å². The first kappa shape index (κ1) is 23.4. The van der Waals surface area contributed by atoms with Crippen LogP contribution in [-0.2, 0) is 0 Å². The second kappa shape index (κ2) is 10.1. The van der Waals surface area contributed by atoms with Gasteiger partial charge in [-0.1, -0.05) is 83.5 Å². The Morgan fingerprint density at radius 1 is 0.515 bits per heavy atom. The third-order valence-corrected chi connectivity index (χ3v) is 12.9. The predicted octanol–water partition coefficient (Wildman–Crippen LogP) is 8.75. The summed E-state index contributed by atoms with van der Waals surface area (Å²) in [6.07, 6.45) is 32.5. The average molecular weight is 454 g/mol. The molecule has 1 spiro atoms. The Labute approximate surface area is 205 Å². The zero-order chi connectivity index (χ0) is 22.3. The zero-order valence-corrected chi connectivity index (χ0v) is 21.8. The smallest absolute Gasteiger partial charge is 0.00773 e. The van der Waals surface area contributed by atoms with Crippen LogP contribution in [0.5, 0.6) is 0 Å². The van der Waals surface area contributed by atoms with Crippen LogP contribution in [0.1, 0.15) is 135 Å². The second-order valence-corrected chi connectivity index (χ2v) is 13.9. The van der Waals surface area contributed by atoms with Gasteiger partial charge in [0.2, 0.25) is 0 Å². The molecule has 0 aromatic rings. The molecule has 0 saturated heterocycles. The lowest BCUT2D eigenvalue weighted by atomic mass is 9.37. The fourth-order valence-corrected chi connectivity index (χ4v) is 12.3. The molecule has 9 unspecified atom stereocenters. The van der Waals surface area contributed by atoms with Crippen LogP contribution in [0.4, 0.5) is 0 Å². The Morgan fingerprint density at radius 3 is 1.88 bits per heavy atom. The van der Waals surface area contributed by atoms with Crippen molar-refractivity contribution in [2.24, 2.45) is 64.4 Å². The van der Waals surface area contributed by atoms with Crippen molar-refractivity contribution in [1.82, 2.24) is 0 Å². The third-order valence-electron chi connectivity index (χ3n) is 12.9. The summed E-state index contributed by atoms with van der Waals surface area (Å²) in [6.45, 7) is 0.904. The summed E-state index contributed by atoms with van der Waals surface area (Å²) in [5.74, 6) is 10.1. The Kier molecular flexibility index (Phi) is 7.18. The molecule has 2 bridgehead atoms. The normalized spacial score (nSPS) is 47.9. The zero-order valence-electron chi connectivity index (χ0n) is 21.8. The molecule has 2 N–H and O–H groups in total. The van der Waals surface area contributed by atoms with E-state index in [4.69, 9.17) is 5.73 Å². The predicted molar refractivity (Wildman–Crippen MR) is 140 cm³/mol. The van der Waals surface area contributed by atoms with E-state index >= 15 is 0 Å². The maximum atomic E-state index is 5.92. The van der Waals surface area contributed by atoms with Crippen molar-refractivity contribution in [3.8, 4) is 0 Å². The minimum atomic E-state index is 0.794. The molecule has 188 valence electrons. The molecule has 0 aromatic carbocycles. The molecular weight excluding hydrogens is 398 g/mol. The molecule has 0 radical (unpaired) electrons. The summed E-state index contributed by atoms with van der Waals surface area (Å²) in [4.78, 5) is 0. The molecule has 6 aliphatic carbocycles. The van der Waals surface area contributed by atoms with E-state index in [1.54, 1.807) is 103 Å². The lowest BCUT2D eigenvalue weighted by Gasteiger charge is -2.67. The van der Waals surface area contributed by atoms with Gasteiger partial charge in [-0.25, -0.2) is 0 Å². The Bertz CT molecular complexity index is 636. The summed E-state index contributed by atoms with van der Waals surface area (Å²) in [6, 6.07) is 0. The Balaban J connectivity index is 1.39. The maximum Gasteiger partial charge on any atom is -0.00773 e. The molecule has 33 heavy (non-hydrogen) atoms. The summed E-state index contributed by atoms with van der Waals surface area (Å²) in [7, 11) is 0. The standard InChI is InChI=1S/C32H55N/c33-22-10-4-9-19-28-25-16-8-2-1-7-15-24(23-13-5-3-6-14-23)31-27-18-12-21-30(27)32(28,31)29-20-11-17-26(25)29/h23-31H,1-22,33H2. The van der Waals surface area contributed by atoms with Gasteiger partial charge in [0, 0.05) is 0 Å². The van der Waals surface area contributed by atoms with Crippen molar-refractivity contribution < 1.29 is 0 Å². The molecule has 6 saturated carbocycles. The number of rotatable bonds is 6. The third kappa shape index (κ3) is 3.79. The molecule has 0 heterocycles. The first-order valence-electron chi connectivity index (χ1n) is 16.1. The monoisotopic (exact) mass is 453 g/mol. The molecule has 0 amide bonds. The van der Waals surface area contributed by atoms with E-state index in [1.807, 2.05) is 0 Å². The maximum absolute atomic E-state index is 5.92. The van der Waals surface area contributed by atoms with Gasteiger partial charge < -0.3 is 5.73 Å². The van der Waals surface area contributed by atoms with E-state index < -0.39 is 0 Å². The largest absolute Gasteiger partial charge is 0.330 e. The van der Waals surface area contributed by atoms with Gasteiger partial charge in [-0.05, 0) is 117 Å². The van der Waals surface area contributed by atoms with Crippen LogP contribution in [0, 0.1) is 58.7 Å². The van der Waals surface area contributed by atoms with Crippen molar-refractivity contribution in [2.75, 3.05) is 6.54 Å². The van der Waals surface area contributed by atoms with Crippen LogP contribution < -0.4 is 5.73 Å². The van der Waals surface area contributed by atoms with Gasteiger partial charge in [-0.15, -0.1) is 0 Å². The molecule has 1 heteroatoms. The van der Waals surface area contributed by atoms with Crippen LogP contribution in [0.3, 0.4) is 0 Å². The minimum absolute atomic E-state index is 0.794. The summed E-state index contributed by atoms with van der Waals surface area (Å²) < 4.78 is 0. The highest BCUT2D eigenvalue weighted by Gasteiger charge is 2.75. The molecule has 9 atom stereocenters. The molecule has 0 aromatic heterocycles. The number of nitrogens with two attached hydrogens (primary N) is 1. The number of unbranched alkanes of at least 4 members (excludes halogenated alkanes) is 2. The SMILES string of the molecule is NCCCCCC1C2CCCCCCC(C3CCCCC3)C3C4CCCC4C13C1CCCC21. The summed E-state index contributed by atoms with van der Waals surface area (Å²) in [5.41, 5.74) is 6.71. The van der Waals surface area contributed by atoms with Crippen LogP contribution in [0.15, 0.2) is 0 Å². The lowest BCUT2D eigenvalue weighted by molar-refractivity contribution is -0.204. The van der Waals surface area contributed by atoms with Gasteiger partial charge in [-0.3, -0.25) is 0 Å². The van der Waals surface area contributed by atoms with Crippen molar-refractivity contribution in [3.05, 3.63) is 0 Å². The Hall–Kier alpha value is -0.0400. The van der Waals surface area contributed by atoms with E-state index in [-0.39, 0.29) is 0 Å². The molecular formula is C32H55N. The van der Waals surface area contributed by atoms with E-state index in [1.165, 1.54) is 32.1 Å². The lowest BCUT2D eigenvalue weighted by Crippen LogP contribution is -2.63.